The number of thiazole rings is 1. The third-order valence-corrected chi connectivity index (χ3v) is 3.63. The molecule has 0 aliphatic heterocycles. The summed E-state index contributed by atoms with van der Waals surface area (Å²) in [5, 5.41) is 4.34. The maximum atomic E-state index is 5.40. The van der Waals surface area contributed by atoms with Gasteiger partial charge in [-0.3, -0.25) is 0 Å². The van der Waals surface area contributed by atoms with Crippen LogP contribution in [-0.4, -0.2) is 11.5 Å². The van der Waals surface area contributed by atoms with Crippen molar-refractivity contribution in [1.29, 1.82) is 0 Å². The molecule has 0 atom stereocenters. The maximum absolute atomic E-state index is 5.40. The summed E-state index contributed by atoms with van der Waals surface area (Å²) in [6.07, 6.45) is 1.69. The molecule has 0 aliphatic rings. The van der Waals surface area contributed by atoms with Crippen molar-refractivity contribution in [3.8, 4) is 10.8 Å². The first kappa shape index (κ1) is 12.3. The molecule has 0 aromatic carbocycles. The van der Waals surface area contributed by atoms with Crippen molar-refractivity contribution in [2.24, 2.45) is 0 Å². The second-order valence-corrected chi connectivity index (χ2v) is 5.32. The summed E-state index contributed by atoms with van der Waals surface area (Å²) in [4.78, 5) is 6.00. The molecule has 0 aliphatic carbocycles. The summed E-state index contributed by atoms with van der Waals surface area (Å²) < 4.78 is 5.40. The Labute approximate surface area is 106 Å². The molecule has 3 nitrogen and oxygen atoms in total. The second-order valence-electron chi connectivity index (χ2n) is 4.24. The highest BCUT2D eigenvalue weighted by Gasteiger charge is 2.15. The Morgan fingerprint density at radius 3 is 2.88 bits per heavy atom. The van der Waals surface area contributed by atoms with Crippen LogP contribution in [0.5, 0.6) is 0 Å². The lowest BCUT2D eigenvalue weighted by Gasteiger charge is -2.04. The average Bonchev–Trinajstić information content (AvgIpc) is 2.94. The zero-order chi connectivity index (χ0) is 12.3. The van der Waals surface area contributed by atoms with Crippen LogP contribution in [0.1, 0.15) is 37.3 Å². The minimum atomic E-state index is 0.448. The lowest BCUT2D eigenvalue weighted by atomic mass is 10.1. The molecule has 0 unspecified atom stereocenters. The molecule has 2 aromatic heterocycles. The van der Waals surface area contributed by atoms with Gasteiger partial charge in [0, 0.05) is 11.4 Å². The fourth-order valence-corrected chi connectivity index (χ4v) is 2.84. The van der Waals surface area contributed by atoms with Gasteiger partial charge in [0.2, 0.25) is 0 Å². The molecule has 17 heavy (non-hydrogen) atoms. The summed E-state index contributed by atoms with van der Waals surface area (Å²) in [6, 6.07) is 3.86. The van der Waals surface area contributed by atoms with Gasteiger partial charge in [-0.1, -0.05) is 20.8 Å². The molecular formula is C13H18N2OS. The zero-order valence-corrected chi connectivity index (χ0v) is 11.3. The van der Waals surface area contributed by atoms with Gasteiger partial charge < -0.3 is 9.73 Å². The first-order valence-electron chi connectivity index (χ1n) is 5.96. The van der Waals surface area contributed by atoms with Crippen LogP contribution < -0.4 is 5.32 Å². The van der Waals surface area contributed by atoms with Crippen molar-refractivity contribution >= 4 is 11.3 Å². The summed E-state index contributed by atoms with van der Waals surface area (Å²) >= 11 is 1.72. The highest BCUT2D eigenvalue weighted by Crippen LogP contribution is 2.31. The number of nitrogens with one attached hydrogen (secondary N) is 1. The Bertz CT molecular complexity index is 460. The van der Waals surface area contributed by atoms with Gasteiger partial charge in [-0.2, -0.15) is 0 Å². The minimum Gasteiger partial charge on any atom is -0.462 e. The average molecular weight is 250 g/mol. The van der Waals surface area contributed by atoms with E-state index in [0.29, 0.717) is 5.92 Å². The van der Waals surface area contributed by atoms with Crippen LogP contribution in [0.3, 0.4) is 0 Å². The first-order chi connectivity index (χ1) is 8.22. The number of hydrogen-bond acceptors (Lipinski definition) is 4. The van der Waals surface area contributed by atoms with E-state index in [0.717, 1.165) is 23.9 Å². The van der Waals surface area contributed by atoms with E-state index in [1.165, 1.54) is 10.6 Å². The number of furan rings is 1. The van der Waals surface area contributed by atoms with Gasteiger partial charge in [0.1, 0.15) is 0 Å². The van der Waals surface area contributed by atoms with Crippen LogP contribution in [0, 0.1) is 0 Å². The quantitative estimate of drug-likeness (QED) is 0.880. The Morgan fingerprint density at radius 2 is 2.29 bits per heavy atom. The fraction of sp³-hybridized carbons (Fsp3) is 0.462. The van der Waals surface area contributed by atoms with E-state index in [1.807, 2.05) is 12.1 Å². The van der Waals surface area contributed by atoms with Crippen LogP contribution in [0.25, 0.3) is 10.8 Å². The molecule has 0 bridgehead atoms. The van der Waals surface area contributed by atoms with E-state index in [9.17, 15) is 0 Å². The summed E-state index contributed by atoms with van der Waals surface area (Å²) in [7, 11) is 0. The van der Waals surface area contributed by atoms with E-state index < -0.39 is 0 Å². The fourth-order valence-electron chi connectivity index (χ4n) is 1.69. The summed E-state index contributed by atoms with van der Waals surface area (Å²) in [6.45, 7) is 8.34. The van der Waals surface area contributed by atoms with Crippen LogP contribution in [0.2, 0.25) is 0 Å². The predicted molar refractivity (Wildman–Crippen MR) is 71.3 cm³/mol. The molecule has 0 fully saturated rings. The molecule has 2 heterocycles. The van der Waals surface area contributed by atoms with Crippen molar-refractivity contribution < 1.29 is 4.42 Å². The second kappa shape index (κ2) is 5.47. The highest BCUT2D eigenvalue weighted by atomic mass is 32.1. The molecule has 0 radical (unpaired) electrons. The lowest BCUT2D eigenvalue weighted by molar-refractivity contribution is 0.581. The van der Waals surface area contributed by atoms with Crippen LogP contribution in [0.15, 0.2) is 22.8 Å². The molecule has 4 heteroatoms. The van der Waals surface area contributed by atoms with Gasteiger partial charge in [-0.15, -0.1) is 11.3 Å². The molecule has 2 aromatic rings. The number of rotatable bonds is 5. The Morgan fingerprint density at radius 1 is 1.47 bits per heavy atom. The predicted octanol–water partition coefficient (Wildman–Crippen LogP) is 3.64. The van der Waals surface area contributed by atoms with Gasteiger partial charge in [0.05, 0.1) is 12.0 Å². The van der Waals surface area contributed by atoms with Gasteiger partial charge in [-0.25, -0.2) is 4.98 Å². The molecule has 0 amide bonds. The molecular weight excluding hydrogens is 232 g/mol. The third-order valence-electron chi connectivity index (χ3n) is 2.54. The highest BCUT2D eigenvalue weighted by molar-refractivity contribution is 7.15. The molecule has 1 N–H and O–H groups in total. The molecule has 0 saturated heterocycles. The van der Waals surface area contributed by atoms with Gasteiger partial charge in [0.15, 0.2) is 10.8 Å². The standard InChI is InChI=1S/C13H18N2OS/c1-4-14-8-11-12(9(2)3)15-13(17-11)10-6-5-7-16-10/h5-7,9,14H,4,8H2,1-3H3. The molecule has 0 saturated carbocycles. The van der Waals surface area contributed by atoms with E-state index in [-0.39, 0.29) is 0 Å². The van der Waals surface area contributed by atoms with Gasteiger partial charge in [-0.05, 0) is 24.6 Å². The largest absolute Gasteiger partial charge is 0.462 e. The van der Waals surface area contributed by atoms with Gasteiger partial charge >= 0.3 is 0 Å². The van der Waals surface area contributed by atoms with Crippen molar-refractivity contribution in [3.63, 3.8) is 0 Å². The van der Waals surface area contributed by atoms with E-state index in [2.05, 4.69) is 31.1 Å². The Balaban J connectivity index is 2.30. The van der Waals surface area contributed by atoms with Crippen LogP contribution in [0.4, 0.5) is 0 Å². The van der Waals surface area contributed by atoms with E-state index >= 15 is 0 Å². The molecule has 2 rings (SSSR count). The zero-order valence-electron chi connectivity index (χ0n) is 10.5. The van der Waals surface area contributed by atoms with Crippen LogP contribution in [-0.2, 0) is 6.54 Å². The summed E-state index contributed by atoms with van der Waals surface area (Å²) in [5.74, 6) is 1.31. The molecule has 92 valence electrons. The monoisotopic (exact) mass is 250 g/mol. The topological polar surface area (TPSA) is 38.1 Å². The lowest BCUT2D eigenvalue weighted by Crippen LogP contribution is -2.12. The molecule has 0 spiro atoms. The van der Waals surface area contributed by atoms with Gasteiger partial charge in [0.25, 0.3) is 0 Å². The first-order valence-corrected chi connectivity index (χ1v) is 6.78. The number of nitrogens with zero attached hydrogens (tertiary/aromatic N) is 1. The van der Waals surface area contributed by atoms with Crippen molar-refractivity contribution in [2.75, 3.05) is 6.54 Å². The minimum absolute atomic E-state index is 0.448. The normalized spacial score (nSPS) is 11.3. The number of aromatic nitrogens is 1. The maximum Gasteiger partial charge on any atom is 0.162 e. The third kappa shape index (κ3) is 2.76. The Kier molecular flexibility index (Phi) is 3.97. The SMILES string of the molecule is CCNCc1sc(-c2ccco2)nc1C(C)C. The van der Waals surface area contributed by atoms with E-state index in [1.54, 1.807) is 17.6 Å². The van der Waals surface area contributed by atoms with Crippen molar-refractivity contribution in [3.05, 3.63) is 29.0 Å². The van der Waals surface area contributed by atoms with E-state index in [4.69, 9.17) is 4.42 Å². The number of hydrogen-bond donors (Lipinski definition) is 1. The Hall–Kier alpha value is -1.13. The summed E-state index contributed by atoms with van der Waals surface area (Å²) in [5.41, 5.74) is 1.18. The van der Waals surface area contributed by atoms with Crippen molar-refractivity contribution in [2.45, 2.75) is 33.2 Å². The van der Waals surface area contributed by atoms with Crippen LogP contribution >= 0.6 is 11.3 Å². The smallest absolute Gasteiger partial charge is 0.162 e. The van der Waals surface area contributed by atoms with Crippen molar-refractivity contribution in [1.82, 2.24) is 10.3 Å².